The predicted molar refractivity (Wildman–Crippen MR) is 95.8 cm³/mol. The molecule has 0 aromatic rings. The second-order valence-corrected chi connectivity index (χ2v) is 6.82. The SMILES string of the molecule is CC1=C/C(=C2/C=C(C)C(=N)C(C(C)C)=C2)C=C(C(C)C)C1=N. The van der Waals surface area contributed by atoms with Crippen LogP contribution in [-0.4, -0.2) is 11.4 Å². The highest BCUT2D eigenvalue weighted by Crippen LogP contribution is 2.31. The van der Waals surface area contributed by atoms with Crippen LogP contribution in [-0.2, 0) is 0 Å². The van der Waals surface area contributed by atoms with Crippen molar-refractivity contribution in [3.8, 4) is 0 Å². The van der Waals surface area contributed by atoms with Crippen molar-refractivity contribution in [3.63, 3.8) is 0 Å². The van der Waals surface area contributed by atoms with Gasteiger partial charge in [-0.05, 0) is 83.4 Å². The van der Waals surface area contributed by atoms with Crippen LogP contribution in [0.5, 0.6) is 0 Å². The zero-order chi connectivity index (χ0) is 16.6. The van der Waals surface area contributed by atoms with E-state index in [4.69, 9.17) is 10.8 Å². The zero-order valence-corrected chi connectivity index (χ0v) is 14.5. The van der Waals surface area contributed by atoms with Gasteiger partial charge in [-0.3, -0.25) is 0 Å². The Hall–Kier alpha value is -1.96. The number of hydrogen-bond acceptors (Lipinski definition) is 2. The van der Waals surface area contributed by atoms with Crippen LogP contribution < -0.4 is 0 Å². The molecule has 0 spiro atoms. The first-order valence-electron chi connectivity index (χ1n) is 7.95. The number of rotatable bonds is 2. The van der Waals surface area contributed by atoms with E-state index in [1.807, 2.05) is 13.8 Å². The fourth-order valence-corrected chi connectivity index (χ4v) is 2.87. The highest BCUT2D eigenvalue weighted by atomic mass is 14.5. The maximum absolute atomic E-state index is 8.24. The standard InChI is InChI=1S/C20H26N2/c1-11(2)17-9-15(7-13(5)19(17)21)16-8-14(6)20(22)18(10-16)12(3)4/h7-12,21-22H,1-6H3/b16-15+,21-19?,22-20?. The van der Waals surface area contributed by atoms with Crippen molar-refractivity contribution in [2.45, 2.75) is 41.5 Å². The summed E-state index contributed by atoms with van der Waals surface area (Å²) < 4.78 is 0. The summed E-state index contributed by atoms with van der Waals surface area (Å²) in [5, 5.41) is 16.5. The van der Waals surface area contributed by atoms with Crippen LogP contribution in [0.4, 0.5) is 0 Å². The van der Waals surface area contributed by atoms with E-state index in [1.165, 1.54) is 0 Å². The van der Waals surface area contributed by atoms with Gasteiger partial charge in [-0.2, -0.15) is 0 Å². The van der Waals surface area contributed by atoms with Crippen LogP contribution in [0.1, 0.15) is 41.5 Å². The second-order valence-electron chi connectivity index (χ2n) is 6.82. The average Bonchev–Trinajstić information content (AvgIpc) is 2.43. The summed E-state index contributed by atoms with van der Waals surface area (Å²) in [6, 6.07) is 0. The van der Waals surface area contributed by atoms with Crippen molar-refractivity contribution >= 4 is 11.4 Å². The fourth-order valence-electron chi connectivity index (χ4n) is 2.87. The van der Waals surface area contributed by atoms with Crippen molar-refractivity contribution in [1.29, 1.82) is 10.8 Å². The molecule has 116 valence electrons. The molecular weight excluding hydrogens is 268 g/mol. The maximum atomic E-state index is 8.24. The van der Waals surface area contributed by atoms with Crippen molar-refractivity contribution in [2.75, 3.05) is 0 Å². The van der Waals surface area contributed by atoms with E-state index >= 15 is 0 Å². The molecule has 0 aromatic heterocycles. The molecule has 0 bridgehead atoms. The van der Waals surface area contributed by atoms with E-state index in [2.05, 4.69) is 52.0 Å². The van der Waals surface area contributed by atoms with Gasteiger partial charge in [0.15, 0.2) is 0 Å². The monoisotopic (exact) mass is 294 g/mol. The zero-order valence-electron chi connectivity index (χ0n) is 14.5. The van der Waals surface area contributed by atoms with Crippen LogP contribution in [0.3, 0.4) is 0 Å². The van der Waals surface area contributed by atoms with Crippen LogP contribution in [0.25, 0.3) is 0 Å². The molecule has 2 aliphatic rings. The molecule has 22 heavy (non-hydrogen) atoms. The average molecular weight is 294 g/mol. The molecule has 2 nitrogen and oxygen atoms in total. The Morgan fingerprint density at radius 3 is 1.23 bits per heavy atom. The minimum atomic E-state index is 0.340. The Bertz CT molecular complexity index is 629. The third-order valence-electron chi connectivity index (χ3n) is 4.31. The van der Waals surface area contributed by atoms with Crippen LogP contribution in [0.15, 0.2) is 57.7 Å². The van der Waals surface area contributed by atoms with Crippen molar-refractivity contribution < 1.29 is 0 Å². The Morgan fingerprint density at radius 1 is 0.636 bits per heavy atom. The minimum Gasteiger partial charge on any atom is -0.300 e. The van der Waals surface area contributed by atoms with E-state index in [-0.39, 0.29) is 0 Å². The van der Waals surface area contributed by atoms with E-state index in [1.54, 1.807) is 0 Å². The highest BCUT2D eigenvalue weighted by molar-refractivity contribution is 6.13. The molecule has 0 aliphatic heterocycles. The van der Waals surface area contributed by atoms with E-state index in [0.29, 0.717) is 23.3 Å². The van der Waals surface area contributed by atoms with Crippen LogP contribution in [0.2, 0.25) is 0 Å². The highest BCUT2D eigenvalue weighted by Gasteiger charge is 2.20. The lowest BCUT2D eigenvalue weighted by Gasteiger charge is -2.23. The summed E-state index contributed by atoms with van der Waals surface area (Å²) in [7, 11) is 0. The molecule has 0 fully saturated rings. The lowest BCUT2D eigenvalue weighted by atomic mass is 9.82. The van der Waals surface area contributed by atoms with Gasteiger partial charge in [0.2, 0.25) is 0 Å². The lowest BCUT2D eigenvalue weighted by molar-refractivity contribution is 0.796. The molecule has 0 heterocycles. The Labute approximate surface area is 134 Å². The first-order chi connectivity index (χ1) is 10.2. The third kappa shape index (κ3) is 2.96. The summed E-state index contributed by atoms with van der Waals surface area (Å²) in [6.07, 6.45) is 8.47. The van der Waals surface area contributed by atoms with Crippen molar-refractivity contribution in [2.24, 2.45) is 11.8 Å². The Kier molecular flexibility index (Phi) is 4.50. The van der Waals surface area contributed by atoms with E-state index < -0.39 is 0 Å². The molecule has 0 saturated heterocycles. The predicted octanol–water partition coefficient (Wildman–Crippen LogP) is 5.41. The molecule has 0 atom stereocenters. The van der Waals surface area contributed by atoms with Gasteiger partial charge in [-0.15, -0.1) is 0 Å². The van der Waals surface area contributed by atoms with E-state index in [0.717, 1.165) is 33.4 Å². The van der Waals surface area contributed by atoms with Crippen molar-refractivity contribution in [1.82, 2.24) is 0 Å². The molecule has 2 N–H and O–H groups in total. The van der Waals surface area contributed by atoms with Crippen molar-refractivity contribution in [3.05, 3.63) is 57.7 Å². The molecule has 0 radical (unpaired) electrons. The molecule has 0 aromatic carbocycles. The first-order valence-corrected chi connectivity index (χ1v) is 7.95. The molecule has 0 amide bonds. The minimum absolute atomic E-state index is 0.340. The van der Waals surface area contributed by atoms with Gasteiger partial charge in [0.1, 0.15) is 0 Å². The first kappa shape index (κ1) is 16.4. The van der Waals surface area contributed by atoms with Crippen LogP contribution >= 0.6 is 0 Å². The van der Waals surface area contributed by atoms with Crippen LogP contribution in [0, 0.1) is 22.7 Å². The fraction of sp³-hybridized carbons (Fsp3) is 0.400. The topological polar surface area (TPSA) is 47.7 Å². The smallest absolute Gasteiger partial charge is 0.0604 e. The summed E-state index contributed by atoms with van der Waals surface area (Å²) in [5.74, 6) is 0.680. The van der Waals surface area contributed by atoms with Gasteiger partial charge in [0.25, 0.3) is 0 Å². The molecule has 0 unspecified atom stereocenters. The molecular formula is C20H26N2. The normalized spacial score (nSPS) is 22.7. The lowest BCUT2D eigenvalue weighted by Crippen LogP contribution is -2.15. The number of nitrogens with one attached hydrogen (secondary N) is 2. The molecule has 2 aliphatic carbocycles. The van der Waals surface area contributed by atoms with Gasteiger partial charge < -0.3 is 10.8 Å². The van der Waals surface area contributed by atoms with Gasteiger partial charge in [0.05, 0.1) is 11.4 Å². The Morgan fingerprint density at radius 2 is 0.955 bits per heavy atom. The summed E-state index contributed by atoms with van der Waals surface area (Å²) in [6.45, 7) is 12.5. The van der Waals surface area contributed by atoms with E-state index in [9.17, 15) is 0 Å². The third-order valence-corrected chi connectivity index (χ3v) is 4.31. The summed E-state index contributed by atoms with van der Waals surface area (Å²) >= 11 is 0. The van der Waals surface area contributed by atoms with Gasteiger partial charge in [0, 0.05) is 0 Å². The van der Waals surface area contributed by atoms with Gasteiger partial charge in [-0.25, -0.2) is 0 Å². The number of hydrogen-bond donors (Lipinski definition) is 2. The Balaban J connectivity index is 2.63. The molecule has 0 saturated carbocycles. The summed E-state index contributed by atoms with van der Waals surface area (Å²) in [4.78, 5) is 0. The van der Waals surface area contributed by atoms with Gasteiger partial charge in [-0.1, -0.05) is 27.7 Å². The number of allylic oxidation sites excluding steroid dienone is 10. The summed E-state index contributed by atoms with van der Waals surface area (Å²) in [5.41, 5.74) is 7.82. The molecule has 2 rings (SSSR count). The second kappa shape index (κ2) is 6.04. The largest absolute Gasteiger partial charge is 0.300 e. The maximum Gasteiger partial charge on any atom is 0.0604 e. The molecule has 2 heteroatoms. The van der Waals surface area contributed by atoms with Gasteiger partial charge >= 0.3 is 0 Å². The quantitative estimate of drug-likeness (QED) is 0.684.